The van der Waals surface area contributed by atoms with Crippen LogP contribution in [0.1, 0.15) is 38.5 Å². The Morgan fingerprint density at radius 1 is 1.39 bits per heavy atom. The predicted molar refractivity (Wildman–Crippen MR) is 68.7 cm³/mol. The van der Waals surface area contributed by atoms with Crippen molar-refractivity contribution in [3.8, 4) is 0 Å². The second kappa shape index (κ2) is 6.18. The summed E-state index contributed by atoms with van der Waals surface area (Å²) in [5, 5.41) is 5.85. The normalized spacial score (nSPS) is 32.7. The minimum absolute atomic E-state index is 0.0846. The predicted octanol–water partition coefficient (Wildman–Crippen LogP) is 0.146. The molecule has 2 rings (SSSR count). The van der Waals surface area contributed by atoms with Crippen molar-refractivity contribution in [2.45, 2.75) is 44.6 Å². The highest BCUT2D eigenvalue weighted by Gasteiger charge is 2.28. The molecule has 2 amide bonds. The van der Waals surface area contributed by atoms with E-state index in [1.807, 2.05) is 0 Å². The third-order valence-electron chi connectivity index (χ3n) is 4.10. The molecule has 18 heavy (non-hydrogen) atoms. The lowest BCUT2D eigenvalue weighted by molar-refractivity contribution is -0.129. The third-order valence-corrected chi connectivity index (χ3v) is 4.10. The molecule has 3 unspecified atom stereocenters. The Bertz CT molecular complexity index is 309. The minimum Gasteiger partial charge on any atom is -0.354 e. The Morgan fingerprint density at radius 2 is 2.22 bits per heavy atom. The monoisotopic (exact) mass is 253 g/mol. The summed E-state index contributed by atoms with van der Waals surface area (Å²) >= 11 is 0. The molecule has 1 aliphatic heterocycles. The number of nitrogens with one attached hydrogen (secondary N) is 2. The van der Waals surface area contributed by atoms with Gasteiger partial charge in [-0.2, -0.15) is 0 Å². The Kier molecular flexibility index (Phi) is 4.58. The fourth-order valence-corrected chi connectivity index (χ4v) is 2.92. The van der Waals surface area contributed by atoms with Crippen molar-refractivity contribution >= 4 is 11.8 Å². The van der Waals surface area contributed by atoms with Gasteiger partial charge in [-0.25, -0.2) is 0 Å². The number of rotatable bonds is 3. The van der Waals surface area contributed by atoms with E-state index in [0.717, 1.165) is 32.1 Å². The number of hydrogen-bond acceptors (Lipinski definition) is 3. The van der Waals surface area contributed by atoms with Crippen LogP contribution >= 0.6 is 0 Å². The zero-order valence-corrected chi connectivity index (χ0v) is 10.8. The van der Waals surface area contributed by atoms with E-state index in [4.69, 9.17) is 5.73 Å². The van der Waals surface area contributed by atoms with Gasteiger partial charge >= 0.3 is 0 Å². The average Bonchev–Trinajstić information content (AvgIpc) is 2.41. The maximum Gasteiger partial charge on any atom is 0.223 e. The molecule has 1 saturated heterocycles. The molecule has 2 aliphatic rings. The molecule has 2 fully saturated rings. The third kappa shape index (κ3) is 3.45. The Hall–Kier alpha value is -1.10. The molecule has 5 nitrogen and oxygen atoms in total. The highest BCUT2D eigenvalue weighted by atomic mass is 16.2. The molecule has 0 radical (unpaired) electrons. The van der Waals surface area contributed by atoms with Crippen LogP contribution < -0.4 is 16.4 Å². The summed E-state index contributed by atoms with van der Waals surface area (Å²) in [6, 6.07) is 0.105. The Morgan fingerprint density at radius 3 is 2.89 bits per heavy atom. The highest BCUT2D eigenvalue weighted by Crippen LogP contribution is 2.28. The molecule has 1 saturated carbocycles. The molecule has 3 atom stereocenters. The van der Waals surface area contributed by atoms with Crippen molar-refractivity contribution in [1.82, 2.24) is 10.6 Å². The van der Waals surface area contributed by atoms with Crippen molar-refractivity contribution < 1.29 is 9.59 Å². The smallest absolute Gasteiger partial charge is 0.223 e. The quantitative estimate of drug-likeness (QED) is 0.669. The van der Waals surface area contributed by atoms with Gasteiger partial charge in [0, 0.05) is 24.9 Å². The summed E-state index contributed by atoms with van der Waals surface area (Å²) in [4.78, 5) is 23.2. The van der Waals surface area contributed by atoms with Crippen molar-refractivity contribution in [2.75, 3.05) is 13.1 Å². The summed E-state index contributed by atoms with van der Waals surface area (Å²) in [7, 11) is 0. The van der Waals surface area contributed by atoms with E-state index in [2.05, 4.69) is 10.6 Å². The van der Waals surface area contributed by atoms with Crippen LogP contribution in [0, 0.1) is 11.8 Å². The molecule has 1 aliphatic carbocycles. The summed E-state index contributed by atoms with van der Waals surface area (Å²) in [6.07, 6.45) is 5.41. The fraction of sp³-hybridized carbons (Fsp3) is 0.846. The van der Waals surface area contributed by atoms with Gasteiger partial charge in [0.1, 0.15) is 0 Å². The van der Waals surface area contributed by atoms with Crippen LogP contribution in [0.15, 0.2) is 0 Å². The molecular formula is C13H23N3O2. The first kappa shape index (κ1) is 13.3. The van der Waals surface area contributed by atoms with E-state index >= 15 is 0 Å². The molecule has 0 spiro atoms. The van der Waals surface area contributed by atoms with Crippen LogP contribution in [0.25, 0.3) is 0 Å². The maximum atomic E-state index is 12.1. The van der Waals surface area contributed by atoms with E-state index in [1.54, 1.807) is 0 Å². The van der Waals surface area contributed by atoms with Gasteiger partial charge in [-0.15, -0.1) is 0 Å². The van der Waals surface area contributed by atoms with Crippen LogP contribution in [0.5, 0.6) is 0 Å². The second-order valence-corrected chi connectivity index (χ2v) is 5.51. The first-order valence-electron chi connectivity index (χ1n) is 6.96. The molecule has 1 heterocycles. The number of piperidine rings is 1. The van der Waals surface area contributed by atoms with E-state index in [1.165, 1.54) is 0 Å². The minimum atomic E-state index is 0.0846. The maximum absolute atomic E-state index is 12.1. The van der Waals surface area contributed by atoms with Gasteiger partial charge in [0.25, 0.3) is 0 Å². The summed E-state index contributed by atoms with van der Waals surface area (Å²) in [5.41, 5.74) is 5.69. The standard InChI is InChI=1S/C13H23N3O2/c14-7-9-2-1-3-10(6-9)13(18)16-11-4-5-12(17)15-8-11/h9-11H,1-8,14H2,(H,15,17)(H,16,18). The Labute approximate surface area is 108 Å². The van der Waals surface area contributed by atoms with Crippen LogP contribution in [0.3, 0.4) is 0 Å². The molecule has 5 heteroatoms. The van der Waals surface area contributed by atoms with E-state index in [9.17, 15) is 9.59 Å². The highest BCUT2D eigenvalue weighted by molar-refractivity contribution is 5.80. The van der Waals surface area contributed by atoms with Gasteiger partial charge in [0.15, 0.2) is 0 Å². The second-order valence-electron chi connectivity index (χ2n) is 5.51. The van der Waals surface area contributed by atoms with Crippen molar-refractivity contribution in [3.05, 3.63) is 0 Å². The zero-order chi connectivity index (χ0) is 13.0. The lowest BCUT2D eigenvalue weighted by atomic mass is 9.81. The Balaban J connectivity index is 1.78. The fourth-order valence-electron chi connectivity index (χ4n) is 2.92. The summed E-state index contributed by atoms with van der Waals surface area (Å²) < 4.78 is 0. The van der Waals surface area contributed by atoms with Gasteiger partial charge in [0.05, 0.1) is 0 Å². The number of carbonyl (C=O) groups excluding carboxylic acids is 2. The van der Waals surface area contributed by atoms with Gasteiger partial charge in [-0.3, -0.25) is 9.59 Å². The molecule has 0 aromatic heterocycles. The van der Waals surface area contributed by atoms with Crippen molar-refractivity contribution in [1.29, 1.82) is 0 Å². The molecule has 0 bridgehead atoms. The lowest BCUT2D eigenvalue weighted by Gasteiger charge is -2.30. The van der Waals surface area contributed by atoms with Gasteiger partial charge in [-0.1, -0.05) is 6.42 Å². The van der Waals surface area contributed by atoms with Crippen LogP contribution in [0.2, 0.25) is 0 Å². The van der Waals surface area contributed by atoms with Gasteiger partial charge in [-0.05, 0) is 38.1 Å². The SMILES string of the molecule is NCC1CCCC(C(=O)NC2CCC(=O)NC2)C1. The topological polar surface area (TPSA) is 84.2 Å². The van der Waals surface area contributed by atoms with E-state index in [-0.39, 0.29) is 23.8 Å². The van der Waals surface area contributed by atoms with Crippen LogP contribution in [-0.4, -0.2) is 30.9 Å². The number of carbonyl (C=O) groups is 2. The first-order chi connectivity index (χ1) is 8.69. The molecule has 0 aromatic rings. The summed E-state index contributed by atoms with van der Waals surface area (Å²) in [6.45, 7) is 1.25. The number of hydrogen-bond donors (Lipinski definition) is 3. The largest absolute Gasteiger partial charge is 0.354 e. The number of amides is 2. The first-order valence-corrected chi connectivity index (χ1v) is 6.96. The van der Waals surface area contributed by atoms with Crippen molar-refractivity contribution in [3.63, 3.8) is 0 Å². The van der Waals surface area contributed by atoms with E-state index in [0.29, 0.717) is 25.4 Å². The van der Waals surface area contributed by atoms with E-state index < -0.39 is 0 Å². The molecule has 0 aromatic carbocycles. The lowest BCUT2D eigenvalue weighted by Crippen LogP contribution is -2.49. The van der Waals surface area contributed by atoms with Gasteiger partial charge < -0.3 is 16.4 Å². The number of nitrogens with two attached hydrogens (primary N) is 1. The molecule has 4 N–H and O–H groups in total. The van der Waals surface area contributed by atoms with Gasteiger partial charge in [0.2, 0.25) is 11.8 Å². The van der Waals surface area contributed by atoms with Crippen molar-refractivity contribution in [2.24, 2.45) is 17.6 Å². The summed E-state index contributed by atoms with van der Waals surface area (Å²) in [5.74, 6) is 0.848. The zero-order valence-electron chi connectivity index (χ0n) is 10.8. The molecule has 102 valence electrons. The molecular weight excluding hydrogens is 230 g/mol. The average molecular weight is 253 g/mol. The van der Waals surface area contributed by atoms with Crippen LogP contribution in [0.4, 0.5) is 0 Å². The van der Waals surface area contributed by atoms with Crippen LogP contribution in [-0.2, 0) is 9.59 Å².